The molecule has 4 rings (SSSR count). The predicted octanol–water partition coefficient (Wildman–Crippen LogP) is 3.64. The molecule has 0 aliphatic rings. The zero-order valence-electron chi connectivity index (χ0n) is 15.3. The molecule has 3 aromatic heterocycles. The number of aromatic hydroxyl groups is 1. The summed E-state index contributed by atoms with van der Waals surface area (Å²) >= 11 is 1.38. The molecule has 142 valence electrons. The van der Waals surface area contributed by atoms with E-state index in [1.54, 1.807) is 12.4 Å². The summed E-state index contributed by atoms with van der Waals surface area (Å²) < 4.78 is 8.26. The molecule has 3 heterocycles. The zero-order valence-corrected chi connectivity index (χ0v) is 16.1. The van der Waals surface area contributed by atoms with Crippen LogP contribution in [0.3, 0.4) is 0 Å². The largest absolute Gasteiger partial charge is 0.504 e. The molecule has 4 aromatic rings. The first-order chi connectivity index (χ1) is 13.7. The minimum atomic E-state index is 0.102. The smallest absolute Gasteiger partial charge is 0.167 e. The Labute approximate surface area is 165 Å². The number of benzene rings is 1. The Hall–Kier alpha value is -3.46. The highest BCUT2D eigenvalue weighted by molar-refractivity contribution is 7.23. The van der Waals surface area contributed by atoms with Crippen LogP contribution in [0.5, 0.6) is 11.5 Å². The Bertz CT molecular complexity index is 1150. The maximum absolute atomic E-state index is 10.8. The number of thiophene rings is 1. The van der Waals surface area contributed by atoms with Gasteiger partial charge in [-0.1, -0.05) is 12.1 Å². The van der Waals surface area contributed by atoms with Crippen molar-refractivity contribution in [1.29, 1.82) is 0 Å². The number of imidazole rings is 1. The average Bonchev–Trinajstić information content (AvgIpc) is 3.27. The third-order valence-electron chi connectivity index (χ3n) is 4.09. The van der Waals surface area contributed by atoms with Gasteiger partial charge in [0.15, 0.2) is 17.4 Å². The SMILES string of the molecule is CCOc1ccccc1-c1sc2c(N/N=C/c3nccn3C)ncnc2c1O. The van der Waals surface area contributed by atoms with Gasteiger partial charge in [-0.15, -0.1) is 11.3 Å². The van der Waals surface area contributed by atoms with Crippen LogP contribution in [0.2, 0.25) is 0 Å². The Morgan fingerprint density at radius 3 is 2.93 bits per heavy atom. The molecular formula is C19H18N6O2S. The first-order valence-corrected chi connectivity index (χ1v) is 9.45. The fourth-order valence-electron chi connectivity index (χ4n) is 2.75. The van der Waals surface area contributed by atoms with Gasteiger partial charge in [0.1, 0.15) is 22.3 Å². The van der Waals surface area contributed by atoms with Crippen LogP contribution in [-0.4, -0.2) is 37.4 Å². The van der Waals surface area contributed by atoms with Gasteiger partial charge in [-0.05, 0) is 19.1 Å². The molecule has 9 heteroatoms. The van der Waals surface area contributed by atoms with E-state index in [9.17, 15) is 5.11 Å². The van der Waals surface area contributed by atoms with Crippen molar-refractivity contribution in [2.45, 2.75) is 6.92 Å². The molecule has 0 radical (unpaired) electrons. The maximum Gasteiger partial charge on any atom is 0.167 e. The average molecular weight is 394 g/mol. The molecule has 0 saturated carbocycles. The van der Waals surface area contributed by atoms with Crippen LogP contribution in [-0.2, 0) is 7.05 Å². The first kappa shape index (κ1) is 17.9. The molecule has 0 aliphatic carbocycles. The molecule has 1 aromatic carbocycles. The zero-order chi connectivity index (χ0) is 19.5. The van der Waals surface area contributed by atoms with E-state index in [0.29, 0.717) is 39.1 Å². The summed E-state index contributed by atoms with van der Waals surface area (Å²) in [6.45, 7) is 2.46. The predicted molar refractivity (Wildman–Crippen MR) is 110 cm³/mol. The molecule has 2 N–H and O–H groups in total. The van der Waals surface area contributed by atoms with E-state index in [1.807, 2.05) is 49.0 Å². The van der Waals surface area contributed by atoms with E-state index in [2.05, 4.69) is 25.5 Å². The Kier molecular flexibility index (Phi) is 4.90. The quantitative estimate of drug-likeness (QED) is 0.383. The van der Waals surface area contributed by atoms with Crippen LogP contribution in [0.15, 0.2) is 48.1 Å². The summed E-state index contributed by atoms with van der Waals surface area (Å²) in [6.07, 6.45) is 6.53. The number of para-hydroxylation sites is 1. The summed E-state index contributed by atoms with van der Waals surface area (Å²) in [7, 11) is 1.89. The second-order valence-corrected chi connectivity index (χ2v) is 6.90. The number of nitrogens with zero attached hydrogens (tertiary/aromatic N) is 5. The van der Waals surface area contributed by atoms with Gasteiger partial charge in [-0.2, -0.15) is 5.10 Å². The highest BCUT2D eigenvalue weighted by Crippen LogP contribution is 2.47. The number of anilines is 1. The van der Waals surface area contributed by atoms with E-state index in [1.165, 1.54) is 17.7 Å². The van der Waals surface area contributed by atoms with Gasteiger partial charge in [-0.25, -0.2) is 15.0 Å². The van der Waals surface area contributed by atoms with Gasteiger partial charge in [-0.3, -0.25) is 5.43 Å². The highest BCUT2D eigenvalue weighted by Gasteiger charge is 2.19. The van der Waals surface area contributed by atoms with E-state index in [-0.39, 0.29) is 5.75 Å². The van der Waals surface area contributed by atoms with E-state index in [0.717, 1.165) is 5.56 Å². The number of rotatable bonds is 6. The van der Waals surface area contributed by atoms with Crippen molar-refractivity contribution in [3.8, 4) is 21.9 Å². The van der Waals surface area contributed by atoms with Crippen molar-refractivity contribution in [1.82, 2.24) is 19.5 Å². The van der Waals surface area contributed by atoms with Gasteiger partial charge < -0.3 is 14.4 Å². The standard InChI is InChI=1S/C19H18N6O2S/c1-3-27-13-7-5-4-6-12(13)17-16(26)15-18(28-17)19(22-11-21-15)24-23-10-14-20-8-9-25(14)2/h4-11,26H,3H2,1-2H3,(H,21,22,24)/b23-10+. The van der Waals surface area contributed by atoms with E-state index >= 15 is 0 Å². The van der Waals surface area contributed by atoms with Crippen molar-refractivity contribution in [2.24, 2.45) is 12.1 Å². The van der Waals surface area contributed by atoms with Crippen LogP contribution in [0, 0.1) is 0 Å². The normalized spacial score (nSPS) is 11.4. The molecular weight excluding hydrogens is 376 g/mol. The number of fused-ring (bicyclic) bond motifs is 1. The molecule has 0 amide bonds. The van der Waals surface area contributed by atoms with Gasteiger partial charge in [0.25, 0.3) is 0 Å². The van der Waals surface area contributed by atoms with Crippen molar-refractivity contribution in [3.63, 3.8) is 0 Å². The van der Waals surface area contributed by atoms with E-state index < -0.39 is 0 Å². The van der Waals surface area contributed by atoms with Crippen LogP contribution < -0.4 is 10.2 Å². The van der Waals surface area contributed by atoms with Crippen LogP contribution >= 0.6 is 11.3 Å². The van der Waals surface area contributed by atoms with E-state index in [4.69, 9.17) is 4.74 Å². The van der Waals surface area contributed by atoms with Crippen molar-refractivity contribution in [2.75, 3.05) is 12.0 Å². The minimum Gasteiger partial charge on any atom is -0.504 e. The lowest BCUT2D eigenvalue weighted by atomic mass is 10.1. The molecule has 28 heavy (non-hydrogen) atoms. The maximum atomic E-state index is 10.8. The Morgan fingerprint density at radius 2 is 2.14 bits per heavy atom. The Morgan fingerprint density at radius 1 is 1.29 bits per heavy atom. The molecule has 0 fully saturated rings. The fraction of sp³-hybridized carbons (Fsp3) is 0.158. The topological polar surface area (TPSA) is 97.5 Å². The van der Waals surface area contributed by atoms with Crippen LogP contribution in [0.4, 0.5) is 5.82 Å². The second-order valence-electron chi connectivity index (χ2n) is 5.88. The lowest BCUT2D eigenvalue weighted by Gasteiger charge is -2.08. The molecule has 0 spiro atoms. The van der Waals surface area contributed by atoms with Crippen molar-refractivity contribution >= 4 is 33.6 Å². The van der Waals surface area contributed by atoms with Gasteiger partial charge in [0, 0.05) is 25.0 Å². The number of hydrogen-bond acceptors (Lipinski definition) is 8. The number of nitrogens with one attached hydrogen (secondary N) is 1. The molecule has 0 aliphatic heterocycles. The van der Waals surface area contributed by atoms with Gasteiger partial charge in [0.2, 0.25) is 0 Å². The van der Waals surface area contributed by atoms with Gasteiger partial charge in [0.05, 0.1) is 17.7 Å². The number of aromatic nitrogens is 4. The summed E-state index contributed by atoms with van der Waals surface area (Å²) in [4.78, 5) is 13.4. The fourth-order valence-corrected chi connectivity index (χ4v) is 3.86. The molecule has 8 nitrogen and oxygen atoms in total. The number of hydrazone groups is 1. The highest BCUT2D eigenvalue weighted by atomic mass is 32.1. The summed E-state index contributed by atoms with van der Waals surface area (Å²) in [5.41, 5.74) is 4.20. The summed E-state index contributed by atoms with van der Waals surface area (Å²) in [5.74, 6) is 2.03. The molecule has 0 bridgehead atoms. The summed E-state index contributed by atoms with van der Waals surface area (Å²) in [5, 5.41) is 15.0. The molecule has 0 atom stereocenters. The number of ether oxygens (including phenoxy) is 1. The molecule has 0 saturated heterocycles. The first-order valence-electron chi connectivity index (χ1n) is 8.64. The number of hydrogen-bond donors (Lipinski definition) is 2. The minimum absolute atomic E-state index is 0.102. The van der Waals surface area contributed by atoms with Crippen LogP contribution in [0.1, 0.15) is 12.7 Å². The third kappa shape index (κ3) is 3.27. The third-order valence-corrected chi connectivity index (χ3v) is 5.30. The number of aryl methyl sites for hydroxylation is 1. The van der Waals surface area contributed by atoms with Crippen molar-refractivity contribution < 1.29 is 9.84 Å². The van der Waals surface area contributed by atoms with Gasteiger partial charge >= 0.3 is 0 Å². The van der Waals surface area contributed by atoms with Crippen molar-refractivity contribution in [3.05, 3.63) is 48.8 Å². The molecule has 0 unspecified atom stereocenters. The lowest BCUT2D eigenvalue weighted by Crippen LogP contribution is -1.99. The second kappa shape index (κ2) is 7.65. The van der Waals surface area contributed by atoms with Crippen LogP contribution in [0.25, 0.3) is 20.7 Å². The summed E-state index contributed by atoms with van der Waals surface area (Å²) in [6, 6.07) is 7.60. The lowest BCUT2D eigenvalue weighted by molar-refractivity contribution is 0.341. The monoisotopic (exact) mass is 394 g/mol. The Balaban J connectivity index is 1.72.